The van der Waals surface area contributed by atoms with Crippen molar-refractivity contribution in [1.82, 2.24) is 34.3 Å². The summed E-state index contributed by atoms with van der Waals surface area (Å²) in [6, 6.07) is 56.0. The average Bonchev–Trinajstić information content (AvgIpc) is 0.791. The number of nitrogens with zero attached hydrogens (tertiary/aromatic N) is 7. The van der Waals surface area contributed by atoms with E-state index < -0.39 is 215 Å². The van der Waals surface area contributed by atoms with Gasteiger partial charge in [0.1, 0.15) is 171 Å². The van der Waals surface area contributed by atoms with Crippen LogP contribution in [0.5, 0.6) is 0 Å². The normalized spacial score (nSPS) is 40.0. The minimum absolute atomic E-state index is 0.0129. The third kappa shape index (κ3) is 20.5. The minimum atomic E-state index is -2.05. The Balaban J connectivity index is 0.638. The van der Waals surface area contributed by atoms with Crippen molar-refractivity contribution in [3.63, 3.8) is 0 Å². The molecule has 0 aliphatic carbocycles. The third-order valence-electron chi connectivity index (χ3n) is 32.1. The highest BCUT2D eigenvalue weighted by Gasteiger charge is 2.62. The lowest BCUT2D eigenvalue weighted by molar-refractivity contribution is -0.394. The summed E-state index contributed by atoms with van der Waals surface area (Å²) < 4.78 is 97.5. The SMILES string of the molecule is O[C@@H]1[C@@H](O)[C@H]2O[C@H]3[C@H](O)[C@@H](O)[C@@H](O[C@H]4[C@H](O)[C@@H](O)[C@@H](O[C@H]5[C@H](O)[C@@H](O)[C@@H](O[C@H]6[C@H](O)[C@@H](O)[C@@H](O[C@H]7[C@H](O)[C@@H](O)[C@@H](O[C@H]8[C@H](O)[C@@H](O)[C@@H](O[C@@H]1[C@@H](CN1CCc9ccccc9C1)O2)O[C@@H]8CN1CCc2ccccc2C1)O[C@@H]7CN1CCc2ccccc2C1)O[C@@H]6CN1CCc2ccccc2C1)O[C@@H]5CN1CCc2ccccc2C1)O[C@@H]4CN1CCc2ccccc2C1)O[C@@H]3CN1CCc2ccccc2C1. The molecule has 0 unspecified atom stereocenters. The highest BCUT2D eigenvalue weighted by molar-refractivity contribution is 5.35. The van der Waals surface area contributed by atoms with Crippen LogP contribution in [-0.4, -0.2) is 412 Å². The van der Waals surface area contributed by atoms with E-state index in [4.69, 9.17) is 66.3 Å². The maximum absolute atomic E-state index is 13.1. The predicted molar refractivity (Wildman–Crippen MR) is 497 cm³/mol. The van der Waals surface area contributed by atoms with E-state index in [0.29, 0.717) is 137 Å². The zero-order valence-electron chi connectivity index (χ0n) is 78.3. The molecule has 28 aliphatic heterocycles. The van der Waals surface area contributed by atoms with Crippen molar-refractivity contribution in [2.45, 2.75) is 306 Å². The Morgan fingerprint density at radius 2 is 0.271 bits per heavy atom. The molecule has 0 radical (unpaired) electrons. The fourth-order valence-electron chi connectivity index (χ4n) is 24.2. The van der Waals surface area contributed by atoms with Crippen molar-refractivity contribution in [2.75, 3.05) is 91.6 Å². The van der Waals surface area contributed by atoms with Crippen molar-refractivity contribution < 1.29 is 138 Å². The van der Waals surface area contributed by atoms with Gasteiger partial charge in [-0.1, -0.05) is 170 Å². The molecule has 21 fully saturated rings. The molecular weight excluding hydrogens is 1810 g/mol. The average molecular weight is 1940 g/mol. The molecule has 0 aromatic heterocycles. The fourth-order valence-corrected chi connectivity index (χ4v) is 24.2. The molecule has 756 valence electrons. The molecule has 140 heavy (non-hydrogen) atoms. The molecule has 28 aliphatic rings. The second kappa shape index (κ2) is 42.5. The van der Waals surface area contributed by atoms with Gasteiger partial charge in [-0.25, -0.2) is 0 Å². The van der Waals surface area contributed by atoms with Crippen molar-refractivity contribution in [2.24, 2.45) is 0 Å². The Labute approximate surface area is 813 Å². The van der Waals surface area contributed by atoms with Gasteiger partial charge in [-0.2, -0.15) is 0 Å². The molecule has 0 spiro atoms. The standard InChI is InChI=1S/C105H133N7O28/c113-78-85(120)99-127-71(50-106-36-29-57-15-1-8-22-64(57)43-106)92(78)134-100-86(121)79(114)94(73(128-100)52-108-38-31-59-17-3-10-24-66(59)45-108)136-102-88(123)81(116)96(75(130-102)54-110-40-33-61-19-5-12-26-68(61)47-110)138-104-90(125)83(118)98(77(132-104)56-112-42-35-63-21-7-14-28-70(63)49-112)140-105-91(126)84(119)97(76(133-105)55-111-41-34-62-20-6-13-27-69(62)48-111)139-103-89(124)82(117)95(74(131-103)53-109-39-32-60-18-4-11-25-67(60)46-109)137-101-87(122)80(115)93(135-99)72(129-101)51-107-37-30-58-16-2-9-23-65(58)44-107/h1-28,71-105,113-126H,29-56H2/t71-,72-,73-,74-,75-,76-,77-,78-,79-,80-,81-,82-,83-,84-,85-,86-,87-,88-,89-,90-,91-,92-,93-,94-,95-,96-,97-,98-,99-,100-,101-,102-,103-,104-,105-/m1/s1. The molecule has 35 nitrogen and oxygen atoms in total. The Kier molecular flexibility index (Phi) is 29.7. The molecule has 35 heteroatoms. The monoisotopic (exact) mass is 1940 g/mol. The number of rotatable bonds is 14. The van der Waals surface area contributed by atoms with Crippen molar-refractivity contribution >= 4 is 0 Å². The summed E-state index contributed by atoms with van der Waals surface area (Å²) in [5, 5.41) is 183. The van der Waals surface area contributed by atoms with Crippen LogP contribution >= 0.6 is 0 Å². The summed E-state index contributed by atoms with van der Waals surface area (Å²) in [7, 11) is 0. The van der Waals surface area contributed by atoms with Crippen LogP contribution < -0.4 is 0 Å². The maximum atomic E-state index is 13.1. The fraction of sp³-hybridized carbons (Fsp3) is 0.600. The van der Waals surface area contributed by atoms with Gasteiger partial charge in [0.05, 0.1) is 0 Å². The first-order valence-corrected chi connectivity index (χ1v) is 50.3. The lowest BCUT2D eigenvalue weighted by Crippen LogP contribution is -2.69. The van der Waals surface area contributed by atoms with E-state index in [2.05, 4.69) is 76.8 Å². The van der Waals surface area contributed by atoms with Crippen molar-refractivity contribution in [1.29, 1.82) is 0 Å². The molecule has 35 atom stereocenters. The summed E-state index contributed by atoms with van der Waals surface area (Å²) in [6.45, 7) is 6.18. The van der Waals surface area contributed by atoms with Crippen LogP contribution in [0, 0.1) is 0 Å². The molecule has 7 aromatic carbocycles. The molecule has 7 aromatic rings. The van der Waals surface area contributed by atoms with Crippen LogP contribution in [0.4, 0.5) is 0 Å². The van der Waals surface area contributed by atoms with E-state index in [9.17, 15) is 71.5 Å². The largest absolute Gasteiger partial charge is 0.387 e. The van der Waals surface area contributed by atoms with Gasteiger partial charge in [-0.3, -0.25) is 34.3 Å². The summed E-state index contributed by atoms with van der Waals surface area (Å²) in [6.07, 6.45) is -57.1. The number of aliphatic hydroxyl groups excluding tert-OH is 14. The molecule has 28 heterocycles. The van der Waals surface area contributed by atoms with Gasteiger partial charge in [-0.05, 0) is 123 Å². The number of fused-ring (bicyclic) bond motifs is 7. The highest BCUT2D eigenvalue weighted by atomic mass is 16.8. The lowest BCUT2D eigenvalue weighted by Gasteiger charge is -2.51. The highest BCUT2D eigenvalue weighted by Crippen LogP contribution is 2.44. The van der Waals surface area contributed by atoms with Crippen LogP contribution in [0.3, 0.4) is 0 Å². The number of ether oxygens (including phenoxy) is 14. The van der Waals surface area contributed by atoms with Gasteiger partial charge in [0, 0.05) is 137 Å². The van der Waals surface area contributed by atoms with Gasteiger partial charge in [0.25, 0.3) is 0 Å². The first-order valence-electron chi connectivity index (χ1n) is 50.3. The zero-order valence-corrected chi connectivity index (χ0v) is 78.3. The van der Waals surface area contributed by atoms with Crippen molar-refractivity contribution in [3.8, 4) is 0 Å². The molecule has 0 amide bonds. The second-order valence-electron chi connectivity index (χ2n) is 41.2. The number of benzene rings is 7. The molecule has 0 saturated carbocycles. The third-order valence-corrected chi connectivity index (χ3v) is 32.1. The van der Waals surface area contributed by atoms with Gasteiger partial charge in [0.2, 0.25) is 0 Å². The molecular formula is C105H133N7O28. The Morgan fingerprint density at radius 1 is 0.157 bits per heavy atom. The second-order valence-corrected chi connectivity index (χ2v) is 41.2. The van der Waals surface area contributed by atoms with E-state index in [1.54, 1.807) is 0 Å². The predicted octanol–water partition coefficient (Wildman–Crippen LogP) is -0.769. The first kappa shape index (κ1) is 97.8. The smallest absolute Gasteiger partial charge is 0.187 e. The Morgan fingerprint density at radius 3 is 0.393 bits per heavy atom. The van der Waals surface area contributed by atoms with Crippen LogP contribution in [0.1, 0.15) is 77.9 Å². The topological polar surface area (TPSA) is 435 Å². The lowest BCUT2D eigenvalue weighted by atomic mass is 9.93. The van der Waals surface area contributed by atoms with E-state index in [0.717, 1.165) is 77.9 Å². The number of aliphatic hydroxyl groups is 14. The first-order chi connectivity index (χ1) is 68.0. The van der Waals surface area contributed by atoms with E-state index in [1.165, 1.54) is 0 Å². The Hall–Kier alpha value is -6.86. The van der Waals surface area contributed by atoms with Crippen molar-refractivity contribution in [3.05, 3.63) is 248 Å². The van der Waals surface area contributed by atoms with Gasteiger partial charge >= 0.3 is 0 Å². The van der Waals surface area contributed by atoms with Crippen LogP contribution in [0.15, 0.2) is 170 Å². The quantitative estimate of drug-likeness (QED) is 0.0636. The zero-order chi connectivity index (χ0) is 95.8. The number of hydrogen-bond acceptors (Lipinski definition) is 35. The molecule has 21 saturated heterocycles. The molecule has 14 N–H and O–H groups in total. The minimum Gasteiger partial charge on any atom is -0.387 e. The molecule has 14 bridgehead atoms. The van der Waals surface area contributed by atoms with E-state index in [-0.39, 0.29) is 45.8 Å². The van der Waals surface area contributed by atoms with Gasteiger partial charge in [0.15, 0.2) is 44.0 Å². The van der Waals surface area contributed by atoms with Gasteiger partial charge in [-0.15, -0.1) is 0 Å². The van der Waals surface area contributed by atoms with Crippen LogP contribution in [0.25, 0.3) is 0 Å². The van der Waals surface area contributed by atoms with Crippen LogP contribution in [0.2, 0.25) is 0 Å². The summed E-state index contributed by atoms with van der Waals surface area (Å²) in [5.41, 5.74) is 15.1. The summed E-state index contributed by atoms with van der Waals surface area (Å²) >= 11 is 0. The maximum Gasteiger partial charge on any atom is 0.187 e. The van der Waals surface area contributed by atoms with E-state index >= 15 is 0 Å². The van der Waals surface area contributed by atoms with E-state index in [1.807, 2.05) is 127 Å². The number of hydrogen-bond donors (Lipinski definition) is 14. The van der Waals surface area contributed by atoms with Crippen LogP contribution in [-0.2, 0) is 157 Å². The Bertz CT molecular complexity index is 4460. The summed E-state index contributed by atoms with van der Waals surface area (Å²) in [4.78, 5) is 14.6. The molecule has 35 rings (SSSR count). The summed E-state index contributed by atoms with van der Waals surface area (Å²) in [5.74, 6) is 0. The van der Waals surface area contributed by atoms with Gasteiger partial charge < -0.3 is 138 Å².